The van der Waals surface area contributed by atoms with Gasteiger partial charge in [0.15, 0.2) is 17.5 Å². The highest BCUT2D eigenvalue weighted by Gasteiger charge is 2.32. The van der Waals surface area contributed by atoms with Crippen molar-refractivity contribution in [1.82, 2.24) is 10.6 Å². The quantitative estimate of drug-likeness (QED) is 0.607. The van der Waals surface area contributed by atoms with E-state index >= 15 is 0 Å². The summed E-state index contributed by atoms with van der Waals surface area (Å²) in [6, 6.07) is 4.82. The average molecular weight is 353 g/mol. The maximum atomic E-state index is 13.9. The average Bonchev–Trinajstić information content (AvgIpc) is 2.65. The van der Waals surface area contributed by atoms with Crippen LogP contribution in [-0.2, 0) is 9.47 Å². The van der Waals surface area contributed by atoms with Crippen molar-refractivity contribution in [3.63, 3.8) is 0 Å². The Bertz CT molecular complexity index is 589. The molecule has 1 unspecified atom stereocenters. The van der Waals surface area contributed by atoms with Crippen molar-refractivity contribution in [3.8, 4) is 5.75 Å². The van der Waals surface area contributed by atoms with E-state index in [2.05, 4.69) is 15.6 Å². The SMILES string of the molecule is CN=C(NCC1(OC)CCOCC1)NC(C)c1ccc(OC)c(F)c1. The third kappa shape index (κ3) is 5.06. The standard InChI is InChI=1S/C18H28FN3O3/c1-13(14-5-6-16(23-3)15(19)11-14)22-17(20-2)21-12-18(24-4)7-9-25-10-8-18/h5-6,11,13H,7-10,12H2,1-4H3,(H2,20,21,22). The fraction of sp³-hybridized carbons (Fsp3) is 0.611. The lowest BCUT2D eigenvalue weighted by atomic mass is 9.94. The molecule has 0 spiro atoms. The summed E-state index contributed by atoms with van der Waals surface area (Å²) < 4.78 is 30.0. The van der Waals surface area contributed by atoms with Crippen molar-refractivity contribution in [1.29, 1.82) is 0 Å². The minimum Gasteiger partial charge on any atom is -0.494 e. The minimum atomic E-state index is -0.378. The zero-order valence-corrected chi connectivity index (χ0v) is 15.4. The van der Waals surface area contributed by atoms with Crippen molar-refractivity contribution >= 4 is 5.96 Å². The molecule has 1 aromatic carbocycles. The Balaban J connectivity index is 1.95. The van der Waals surface area contributed by atoms with Gasteiger partial charge in [-0.25, -0.2) is 4.39 Å². The van der Waals surface area contributed by atoms with Crippen LogP contribution in [0.4, 0.5) is 4.39 Å². The van der Waals surface area contributed by atoms with Gasteiger partial charge >= 0.3 is 0 Å². The third-order valence-electron chi connectivity index (χ3n) is 4.67. The zero-order valence-electron chi connectivity index (χ0n) is 15.4. The zero-order chi connectivity index (χ0) is 18.3. The second kappa shape index (κ2) is 9.01. The first-order valence-electron chi connectivity index (χ1n) is 8.47. The maximum absolute atomic E-state index is 13.9. The van der Waals surface area contributed by atoms with Crippen molar-refractivity contribution in [3.05, 3.63) is 29.6 Å². The van der Waals surface area contributed by atoms with Gasteiger partial charge in [-0.3, -0.25) is 4.99 Å². The van der Waals surface area contributed by atoms with E-state index in [1.54, 1.807) is 20.2 Å². The molecule has 2 N–H and O–H groups in total. The first-order valence-corrected chi connectivity index (χ1v) is 8.47. The van der Waals surface area contributed by atoms with Crippen LogP contribution in [0.3, 0.4) is 0 Å². The Morgan fingerprint density at radius 2 is 2.08 bits per heavy atom. The van der Waals surface area contributed by atoms with E-state index < -0.39 is 0 Å². The Kier molecular flexibility index (Phi) is 7.01. The number of guanidine groups is 1. The number of benzene rings is 1. The molecule has 0 saturated carbocycles. The van der Waals surface area contributed by atoms with Crippen LogP contribution in [0.5, 0.6) is 5.75 Å². The van der Waals surface area contributed by atoms with E-state index in [1.807, 2.05) is 13.0 Å². The summed E-state index contributed by atoms with van der Waals surface area (Å²) in [5.74, 6) is 0.504. The van der Waals surface area contributed by atoms with Gasteiger partial charge in [-0.1, -0.05) is 6.07 Å². The molecule has 0 aliphatic carbocycles. The fourth-order valence-corrected chi connectivity index (χ4v) is 2.88. The van der Waals surface area contributed by atoms with Crippen molar-refractivity contribution in [2.24, 2.45) is 4.99 Å². The van der Waals surface area contributed by atoms with Gasteiger partial charge in [-0.15, -0.1) is 0 Å². The Hall–Kier alpha value is -1.86. The summed E-state index contributed by atoms with van der Waals surface area (Å²) in [4.78, 5) is 4.25. The van der Waals surface area contributed by atoms with Gasteiger partial charge in [-0.05, 0) is 24.6 Å². The van der Waals surface area contributed by atoms with E-state index in [0.29, 0.717) is 25.7 Å². The highest BCUT2D eigenvalue weighted by Crippen LogP contribution is 2.24. The molecule has 0 amide bonds. The smallest absolute Gasteiger partial charge is 0.191 e. The van der Waals surface area contributed by atoms with Gasteiger partial charge < -0.3 is 24.8 Å². The molecule has 0 aromatic heterocycles. The molecule has 1 fully saturated rings. The molecule has 140 valence electrons. The molecule has 1 aliphatic rings. The van der Waals surface area contributed by atoms with Crippen molar-refractivity contribution in [2.45, 2.75) is 31.4 Å². The van der Waals surface area contributed by atoms with Crippen LogP contribution >= 0.6 is 0 Å². The molecule has 1 heterocycles. The van der Waals surface area contributed by atoms with Gasteiger partial charge in [0.2, 0.25) is 0 Å². The highest BCUT2D eigenvalue weighted by molar-refractivity contribution is 5.80. The Morgan fingerprint density at radius 1 is 1.36 bits per heavy atom. The predicted octanol–water partition coefficient (Wildman–Crippen LogP) is 2.26. The fourth-order valence-electron chi connectivity index (χ4n) is 2.88. The third-order valence-corrected chi connectivity index (χ3v) is 4.67. The molecule has 1 atom stereocenters. The number of ether oxygens (including phenoxy) is 3. The van der Waals surface area contributed by atoms with Crippen LogP contribution < -0.4 is 15.4 Å². The number of rotatable bonds is 6. The van der Waals surface area contributed by atoms with E-state index in [4.69, 9.17) is 14.2 Å². The summed E-state index contributed by atoms with van der Waals surface area (Å²) in [6.07, 6.45) is 1.68. The number of aliphatic imine (C=N–C) groups is 1. The molecule has 1 aromatic rings. The lowest BCUT2D eigenvalue weighted by Crippen LogP contribution is -2.51. The molecule has 7 heteroatoms. The monoisotopic (exact) mass is 353 g/mol. The van der Waals surface area contributed by atoms with Crippen molar-refractivity contribution in [2.75, 3.05) is 41.0 Å². The predicted molar refractivity (Wildman–Crippen MR) is 95.7 cm³/mol. The lowest BCUT2D eigenvalue weighted by molar-refractivity contribution is -0.0855. The topological polar surface area (TPSA) is 64.1 Å². The summed E-state index contributed by atoms with van der Waals surface area (Å²) in [5, 5.41) is 6.58. The van der Waals surface area contributed by atoms with Crippen LogP contribution in [0.1, 0.15) is 31.4 Å². The summed E-state index contributed by atoms with van der Waals surface area (Å²) in [7, 11) is 4.89. The number of nitrogens with one attached hydrogen (secondary N) is 2. The van der Waals surface area contributed by atoms with Crippen LogP contribution in [-0.4, -0.2) is 52.6 Å². The van der Waals surface area contributed by atoms with E-state index in [0.717, 1.165) is 18.4 Å². The lowest BCUT2D eigenvalue weighted by Gasteiger charge is -2.36. The Morgan fingerprint density at radius 3 is 2.64 bits per heavy atom. The summed E-state index contributed by atoms with van der Waals surface area (Å²) >= 11 is 0. The second-order valence-electron chi connectivity index (χ2n) is 6.19. The summed E-state index contributed by atoms with van der Waals surface area (Å²) in [6.45, 7) is 3.98. The normalized spacial score (nSPS) is 18.5. The molecule has 1 saturated heterocycles. The molecule has 0 bridgehead atoms. The van der Waals surface area contributed by atoms with Gasteiger partial charge in [0.25, 0.3) is 0 Å². The largest absolute Gasteiger partial charge is 0.494 e. The molecule has 0 radical (unpaired) electrons. The first-order chi connectivity index (χ1) is 12.0. The van der Waals surface area contributed by atoms with Crippen LogP contribution in [0.2, 0.25) is 0 Å². The van der Waals surface area contributed by atoms with Gasteiger partial charge in [0.05, 0.1) is 18.8 Å². The molecule has 1 aliphatic heterocycles. The minimum absolute atomic E-state index is 0.111. The summed E-state index contributed by atoms with van der Waals surface area (Å²) in [5.41, 5.74) is 0.569. The number of hydrogen-bond donors (Lipinski definition) is 2. The highest BCUT2D eigenvalue weighted by atomic mass is 19.1. The van der Waals surface area contributed by atoms with Crippen LogP contribution in [0.15, 0.2) is 23.2 Å². The van der Waals surface area contributed by atoms with Crippen LogP contribution in [0, 0.1) is 5.82 Å². The molecule has 6 nitrogen and oxygen atoms in total. The van der Waals surface area contributed by atoms with Gasteiger partial charge in [0, 0.05) is 46.8 Å². The first kappa shape index (κ1) is 19.5. The number of hydrogen-bond acceptors (Lipinski definition) is 4. The molecular weight excluding hydrogens is 325 g/mol. The van der Waals surface area contributed by atoms with Crippen molar-refractivity contribution < 1.29 is 18.6 Å². The number of nitrogens with zero attached hydrogens (tertiary/aromatic N) is 1. The Labute approximate surface area is 148 Å². The molecule has 2 rings (SSSR count). The van der Waals surface area contributed by atoms with E-state index in [1.165, 1.54) is 13.2 Å². The number of halogens is 1. The molecule has 25 heavy (non-hydrogen) atoms. The van der Waals surface area contributed by atoms with Gasteiger partial charge in [0.1, 0.15) is 0 Å². The van der Waals surface area contributed by atoms with E-state index in [-0.39, 0.29) is 23.2 Å². The number of methoxy groups -OCH3 is 2. The second-order valence-corrected chi connectivity index (χ2v) is 6.19. The van der Waals surface area contributed by atoms with Gasteiger partial charge in [-0.2, -0.15) is 0 Å². The van der Waals surface area contributed by atoms with Crippen LogP contribution in [0.25, 0.3) is 0 Å². The van der Waals surface area contributed by atoms with E-state index in [9.17, 15) is 4.39 Å². The molecular formula is C18H28FN3O3. The maximum Gasteiger partial charge on any atom is 0.191 e.